The van der Waals surface area contributed by atoms with Crippen LogP contribution in [0.3, 0.4) is 0 Å². The number of hydrogen-bond acceptors (Lipinski definition) is 7. The van der Waals surface area contributed by atoms with Crippen LogP contribution >= 0.6 is 11.6 Å². The molecule has 0 bridgehead atoms. The Kier molecular flexibility index (Phi) is 9.40. The lowest BCUT2D eigenvalue weighted by atomic mass is 9.45. The van der Waals surface area contributed by atoms with E-state index < -0.39 is 33.4 Å². The number of Topliss-reactive ketones (excluding diaryl/α,β-unsaturated/α-hetero) is 1. The van der Waals surface area contributed by atoms with Gasteiger partial charge in [-0.15, -0.1) is 11.6 Å². The molecule has 0 aromatic carbocycles. The molecule has 0 spiro atoms. The SMILES string of the molecule is CCCO[C@]1(C(=O)COC(=O)CC)[C@@H](C)C[C@H]2[C@@H]3CCC4=CC(=O)C=C[C@]4(C)[C@@]3(Cl)[C@@H](O)C[C@@]21C.COC. The van der Waals surface area contributed by atoms with Gasteiger partial charge in [0.1, 0.15) is 5.60 Å². The van der Waals surface area contributed by atoms with Crippen molar-refractivity contribution in [3.8, 4) is 0 Å². The lowest BCUT2D eigenvalue weighted by Gasteiger charge is -2.64. The van der Waals surface area contributed by atoms with Crippen LogP contribution in [-0.4, -0.2) is 66.7 Å². The lowest BCUT2D eigenvalue weighted by molar-refractivity contribution is -0.198. The molecule has 0 aromatic rings. The van der Waals surface area contributed by atoms with Gasteiger partial charge >= 0.3 is 5.97 Å². The monoisotopic (exact) mass is 552 g/mol. The molecule has 0 saturated heterocycles. The predicted octanol–water partition coefficient (Wildman–Crippen LogP) is 4.82. The van der Waals surface area contributed by atoms with E-state index in [0.717, 1.165) is 31.3 Å². The average molecular weight is 553 g/mol. The van der Waals surface area contributed by atoms with E-state index >= 15 is 0 Å². The molecule has 214 valence electrons. The van der Waals surface area contributed by atoms with Crippen LogP contribution in [-0.2, 0) is 28.6 Å². The average Bonchev–Trinajstić information content (AvgIpc) is 3.09. The van der Waals surface area contributed by atoms with Crippen LogP contribution in [0.25, 0.3) is 0 Å². The van der Waals surface area contributed by atoms with Gasteiger partial charge in [0.2, 0.25) is 5.78 Å². The van der Waals surface area contributed by atoms with Crippen molar-refractivity contribution in [1.29, 1.82) is 0 Å². The molecule has 0 heterocycles. The Labute approximate surface area is 232 Å². The number of hydrogen-bond donors (Lipinski definition) is 1. The van der Waals surface area contributed by atoms with Crippen LogP contribution in [0.1, 0.15) is 73.1 Å². The fraction of sp³-hybridized carbons (Fsp3) is 0.767. The third-order valence-electron chi connectivity index (χ3n) is 9.78. The molecular formula is C30H45ClO7. The van der Waals surface area contributed by atoms with Gasteiger partial charge in [-0.2, -0.15) is 0 Å². The standard InChI is InChI=1S/C28H39ClO6.C2H6O/c1-6-12-35-28(23(32)16-34-24(33)7-2)17(3)13-21-20-9-8-18-14-19(30)10-11-25(18,4)27(20,29)22(31)15-26(21,28)5;1-3-2/h10-11,14,17,20-22,31H,6-9,12-13,15-16H2,1-5H3;1-2H3/t17-,20-,21-,22-,25-,26-,27-,28-;/m0./s1. The first-order chi connectivity index (χ1) is 17.8. The van der Waals surface area contributed by atoms with Gasteiger partial charge in [-0.1, -0.05) is 46.3 Å². The molecule has 0 unspecified atom stereocenters. The van der Waals surface area contributed by atoms with E-state index in [1.807, 2.05) is 26.8 Å². The van der Waals surface area contributed by atoms with Crippen molar-refractivity contribution in [1.82, 2.24) is 0 Å². The topological polar surface area (TPSA) is 99.1 Å². The largest absolute Gasteiger partial charge is 0.458 e. The number of aliphatic hydroxyl groups is 1. The van der Waals surface area contributed by atoms with Crippen molar-refractivity contribution in [2.45, 2.75) is 89.7 Å². The summed E-state index contributed by atoms with van der Waals surface area (Å²) in [6.07, 6.45) is 7.64. The van der Waals surface area contributed by atoms with E-state index in [1.54, 1.807) is 33.3 Å². The summed E-state index contributed by atoms with van der Waals surface area (Å²) < 4.78 is 16.0. The zero-order valence-corrected chi connectivity index (χ0v) is 24.7. The van der Waals surface area contributed by atoms with Crippen molar-refractivity contribution >= 4 is 29.1 Å². The highest BCUT2D eigenvalue weighted by molar-refractivity contribution is 6.26. The Bertz CT molecular complexity index is 991. The molecule has 3 saturated carbocycles. The molecule has 8 atom stereocenters. The van der Waals surface area contributed by atoms with Gasteiger partial charge in [0.25, 0.3) is 0 Å². The minimum atomic E-state index is -1.17. The van der Waals surface area contributed by atoms with Crippen LogP contribution in [0.15, 0.2) is 23.8 Å². The van der Waals surface area contributed by atoms with Crippen molar-refractivity contribution in [2.75, 3.05) is 27.4 Å². The minimum absolute atomic E-state index is 0.0329. The van der Waals surface area contributed by atoms with Gasteiger partial charge in [0, 0.05) is 38.1 Å². The molecule has 38 heavy (non-hydrogen) atoms. The maximum atomic E-state index is 13.9. The van der Waals surface area contributed by atoms with Crippen molar-refractivity contribution < 1.29 is 33.7 Å². The molecule has 4 aliphatic rings. The number of rotatable bonds is 7. The Balaban J connectivity index is 0.00000127. The second kappa shape index (κ2) is 11.5. The third kappa shape index (κ3) is 4.51. The van der Waals surface area contributed by atoms with Crippen LogP contribution < -0.4 is 0 Å². The molecule has 1 N–H and O–H groups in total. The van der Waals surface area contributed by atoms with Crippen molar-refractivity contribution in [3.05, 3.63) is 23.8 Å². The number of halogens is 1. The normalized spacial score (nSPS) is 41.2. The quantitative estimate of drug-likeness (QED) is 0.357. The first kappa shape index (κ1) is 31.0. The highest BCUT2D eigenvalue weighted by Crippen LogP contribution is 2.72. The van der Waals surface area contributed by atoms with E-state index in [4.69, 9.17) is 21.1 Å². The van der Waals surface area contributed by atoms with Gasteiger partial charge < -0.3 is 19.3 Å². The van der Waals surface area contributed by atoms with Crippen LogP contribution in [0.5, 0.6) is 0 Å². The van der Waals surface area contributed by atoms with Crippen molar-refractivity contribution in [3.63, 3.8) is 0 Å². The third-order valence-corrected chi connectivity index (χ3v) is 10.7. The van der Waals surface area contributed by atoms with E-state index in [-0.39, 0.29) is 42.3 Å². The highest BCUT2D eigenvalue weighted by Gasteiger charge is 2.75. The molecule has 3 fully saturated rings. The zero-order chi connectivity index (χ0) is 28.5. The molecule has 0 aliphatic heterocycles. The smallest absolute Gasteiger partial charge is 0.305 e. The highest BCUT2D eigenvalue weighted by atomic mass is 35.5. The first-order valence-electron chi connectivity index (χ1n) is 13.9. The Hall–Kier alpha value is -1.54. The lowest BCUT2D eigenvalue weighted by Crippen LogP contribution is -2.69. The summed E-state index contributed by atoms with van der Waals surface area (Å²) in [6.45, 7) is 9.90. The predicted molar refractivity (Wildman–Crippen MR) is 146 cm³/mol. The summed E-state index contributed by atoms with van der Waals surface area (Å²) in [7, 11) is 3.25. The molecule has 0 amide bonds. The second-order valence-electron chi connectivity index (χ2n) is 11.8. The molecule has 8 heteroatoms. The Morgan fingerprint density at radius 1 is 1.18 bits per heavy atom. The van der Waals surface area contributed by atoms with Gasteiger partial charge in [-0.25, -0.2) is 0 Å². The van der Waals surface area contributed by atoms with E-state index in [9.17, 15) is 19.5 Å². The number of esters is 1. The summed E-state index contributed by atoms with van der Waals surface area (Å²) in [6, 6.07) is 0. The fourth-order valence-electron chi connectivity index (χ4n) is 8.13. The van der Waals surface area contributed by atoms with Crippen LogP contribution in [0.2, 0.25) is 0 Å². The zero-order valence-electron chi connectivity index (χ0n) is 24.0. The second-order valence-corrected chi connectivity index (χ2v) is 12.5. The number of carbonyl (C=O) groups is 3. The maximum Gasteiger partial charge on any atom is 0.305 e. The Morgan fingerprint density at radius 2 is 1.84 bits per heavy atom. The molecule has 4 rings (SSSR count). The number of aliphatic hydroxyl groups excluding tert-OH is 1. The number of methoxy groups -OCH3 is 1. The number of alkyl halides is 1. The summed E-state index contributed by atoms with van der Waals surface area (Å²) in [5, 5.41) is 11.8. The Morgan fingerprint density at radius 3 is 2.45 bits per heavy atom. The van der Waals surface area contributed by atoms with Gasteiger partial charge in [0.05, 0.1) is 11.0 Å². The summed E-state index contributed by atoms with van der Waals surface area (Å²) in [5.41, 5.74) is -1.52. The van der Waals surface area contributed by atoms with Crippen LogP contribution in [0.4, 0.5) is 0 Å². The van der Waals surface area contributed by atoms with E-state index in [1.165, 1.54) is 0 Å². The summed E-state index contributed by atoms with van der Waals surface area (Å²) in [4.78, 5) is 36.8. The number of carbonyl (C=O) groups excluding carboxylic acids is 3. The maximum absolute atomic E-state index is 13.9. The van der Waals surface area contributed by atoms with E-state index in [0.29, 0.717) is 13.0 Å². The number of allylic oxidation sites excluding steroid dienone is 4. The van der Waals surface area contributed by atoms with E-state index in [2.05, 4.69) is 11.7 Å². The van der Waals surface area contributed by atoms with Gasteiger partial charge in [-0.3, -0.25) is 14.4 Å². The molecular weight excluding hydrogens is 508 g/mol. The minimum Gasteiger partial charge on any atom is -0.458 e. The first-order valence-corrected chi connectivity index (χ1v) is 14.3. The number of fused-ring (bicyclic) bond motifs is 5. The molecule has 0 radical (unpaired) electrons. The van der Waals surface area contributed by atoms with Crippen LogP contribution in [0, 0.1) is 28.6 Å². The van der Waals surface area contributed by atoms with Gasteiger partial charge in [-0.05, 0) is 62.0 Å². The fourth-order valence-corrected chi connectivity index (χ4v) is 8.65. The summed E-state index contributed by atoms with van der Waals surface area (Å²) >= 11 is 7.52. The molecule has 0 aromatic heterocycles. The van der Waals surface area contributed by atoms with Gasteiger partial charge in [0.15, 0.2) is 12.4 Å². The molecule has 4 aliphatic carbocycles. The number of ketones is 2. The molecule has 7 nitrogen and oxygen atoms in total. The number of ether oxygens (including phenoxy) is 3. The van der Waals surface area contributed by atoms with Crippen molar-refractivity contribution in [2.24, 2.45) is 28.6 Å². The summed E-state index contributed by atoms with van der Waals surface area (Å²) in [5.74, 6) is -0.858.